The van der Waals surface area contributed by atoms with Crippen LogP contribution in [0.3, 0.4) is 0 Å². The SMILES string of the molecule is COc1ccc(NNc2c(-c3ccc(OC)cc3)[nH]oc2=O)cc1. The van der Waals surface area contributed by atoms with Gasteiger partial charge in [-0.2, -0.15) is 0 Å². The predicted octanol–water partition coefficient (Wildman–Crippen LogP) is 3.09. The van der Waals surface area contributed by atoms with E-state index in [9.17, 15) is 4.79 Å². The van der Waals surface area contributed by atoms with Crippen LogP contribution in [0, 0.1) is 0 Å². The monoisotopic (exact) mass is 327 g/mol. The molecule has 0 aliphatic carbocycles. The number of benzene rings is 2. The Bertz CT molecular complexity index is 851. The van der Waals surface area contributed by atoms with Gasteiger partial charge >= 0.3 is 5.63 Å². The van der Waals surface area contributed by atoms with Crippen molar-refractivity contribution in [2.75, 3.05) is 25.1 Å². The number of H-pyrrole nitrogens is 1. The topological polar surface area (TPSA) is 88.5 Å². The highest BCUT2D eigenvalue weighted by atomic mass is 16.5. The summed E-state index contributed by atoms with van der Waals surface area (Å²) in [7, 11) is 3.20. The highest BCUT2D eigenvalue weighted by molar-refractivity contribution is 5.74. The van der Waals surface area contributed by atoms with Crippen LogP contribution < -0.4 is 26.0 Å². The summed E-state index contributed by atoms with van der Waals surface area (Å²) in [6.45, 7) is 0. The highest BCUT2D eigenvalue weighted by Gasteiger charge is 2.14. The molecule has 0 saturated carbocycles. The van der Waals surface area contributed by atoms with E-state index in [0.717, 1.165) is 22.7 Å². The van der Waals surface area contributed by atoms with Gasteiger partial charge in [0.1, 0.15) is 17.2 Å². The number of hydrogen-bond donors (Lipinski definition) is 3. The van der Waals surface area contributed by atoms with Crippen LogP contribution in [0.25, 0.3) is 11.3 Å². The zero-order chi connectivity index (χ0) is 16.9. The Labute approximate surface area is 138 Å². The summed E-state index contributed by atoms with van der Waals surface area (Å²) in [4.78, 5) is 11.9. The van der Waals surface area contributed by atoms with Gasteiger partial charge in [0.25, 0.3) is 0 Å². The molecule has 0 bridgehead atoms. The molecule has 3 aromatic rings. The van der Waals surface area contributed by atoms with Crippen molar-refractivity contribution in [2.45, 2.75) is 0 Å². The molecule has 0 radical (unpaired) electrons. The van der Waals surface area contributed by atoms with E-state index in [4.69, 9.17) is 14.0 Å². The molecular formula is C17H17N3O4. The van der Waals surface area contributed by atoms with E-state index in [1.165, 1.54) is 0 Å². The fourth-order valence-corrected chi connectivity index (χ4v) is 2.19. The second-order valence-corrected chi connectivity index (χ2v) is 4.95. The molecule has 3 N–H and O–H groups in total. The van der Waals surface area contributed by atoms with E-state index in [-0.39, 0.29) is 5.69 Å². The molecule has 0 saturated heterocycles. The molecular weight excluding hydrogens is 310 g/mol. The molecule has 0 aliphatic rings. The first-order chi connectivity index (χ1) is 11.7. The van der Waals surface area contributed by atoms with Crippen molar-refractivity contribution in [3.63, 3.8) is 0 Å². The fraction of sp³-hybridized carbons (Fsp3) is 0.118. The van der Waals surface area contributed by atoms with E-state index >= 15 is 0 Å². The molecule has 0 atom stereocenters. The van der Waals surface area contributed by atoms with Gasteiger partial charge in [0.2, 0.25) is 0 Å². The lowest BCUT2D eigenvalue weighted by Crippen LogP contribution is -2.14. The van der Waals surface area contributed by atoms with Crippen molar-refractivity contribution in [2.24, 2.45) is 0 Å². The molecule has 0 amide bonds. The standard InChI is InChI=1S/C17H17N3O4/c1-22-13-7-3-11(4-8-13)15-16(17(21)24-20-15)19-18-12-5-9-14(23-2)10-6-12/h3-10,18-20H,1-2H3. The third-order valence-corrected chi connectivity index (χ3v) is 3.50. The maximum atomic E-state index is 11.9. The molecule has 0 aliphatic heterocycles. The first-order valence-electron chi connectivity index (χ1n) is 7.23. The number of aromatic nitrogens is 1. The van der Waals surface area contributed by atoms with E-state index in [0.29, 0.717) is 5.69 Å². The van der Waals surface area contributed by atoms with E-state index in [1.807, 2.05) is 36.4 Å². The van der Waals surface area contributed by atoms with Gasteiger partial charge in [-0.15, -0.1) is 0 Å². The minimum atomic E-state index is -0.498. The smallest absolute Gasteiger partial charge is 0.382 e. The summed E-state index contributed by atoms with van der Waals surface area (Å²) in [6, 6.07) is 14.6. The fourth-order valence-electron chi connectivity index (χ4n) is 2.19. The number of anilines is 2. The van der Waals surface area contributed by atoms with Crippen LogP contribution >= 0.6 is 0 Å². The summed E-state index contributed by atoms with van der Waals surface area (Å²) in [5, 5.41) is 2.63. The van der Waals surface area contributed by atoms with Crippen LogP contribution in [-0.4, -0.2) is 19.4 Å². The third kappa shape index (κ3) is 3.19. The Balaban J connectivity index is 1.80. The van der Waals surface area contributed by atoms with E-state index in [1.54, 1.807) is 26.4 Å². The molecule has 1 aromatic heterocycles. The predicted molar refractivity (Wildman–Crippen MR) is 91.6 cm³/mol. The van der Waals surface area contributed by atoms with Gasteiger partial charge in [0.05, 0.1) is 19.9 Å². The Morgan fingerprint density at radius 3 is 2.04 bits per heavy atom. The van der Waals surface area contributed by atoms with Crippen LogP contribution in [0.5, 0.6) is 11.5 Å². The van der Waals surface area contributed by atoms with Gasteiger partial charge in [-0.05, 0) is 48.5 Å². The largest absolute Gasteiger partial charge is 0.497 e. The van der Waals surface area contributed by atoms with Gasteiger partial charge in [0.15, 0.2) is 5.69 Å². The molecule has 0 fully saturated rings. The maximum absolute atomic E-state index is 11.9. The van der Waals surface area contributed by atoms with Crippen LogP contribution in [0.1, 0.15) is 0 Å². The Morgan fingerprint density at radius 2 is 1.46 bits per heavy atom. The van der Waals surface area contributed by atoms with Gasteiger partial charge in [-0.3, -0.25) is 5.43 Å². The minimum Gasteiger partial charge on any atom is -0.497 e. The van der Waals surface area contributed by atoms with Gasteiger partial charge in [-0.1, -0.05) is 0 Å². The van der Waals surface area contributed by atoms with Crippen molar-refractivity contribution in [1.82, 2.24) is 5.16 Å². The zero-order valence-corrected chi connectivity index (χ0v) is 13.3. The van der Waals surface area contributed by atoms with Gasteiger partial charge in [-0.25, -0.2) is 9.95 Å². The number of nitrogens with one attached hydrogen (secondary N) is 3. The molecule has 124 valence electrons. The number of rotatable bonds is 6. The summed E-state index contributed by atoms with van der Waals surface area (Å²) >= 11 is 0. The van der Waals surface area contributed by atoms with Crippen molar-refractivity contribution in [3.05, 3.63) is 59.0 Å². The van der Waals surface area contributed by atoms with Crippen molar-refractivity contribution in [3.8, 4) is 22.8 Å². The molecule has 3 rings (SSSR count). The normalized spacial score (nSPS) is 10.2. The Hall–Kier alpha value is -3.35. The molecule has 24 heavy (non-hydrogen) atoms. The van der Waals surface area contributed by atoms with Crippen molar-refractivity contribution >= 4 is 11.4 Å². The average molecular weight is 327 g/mol. The van der Waals surface area contributed by atoms with Crippen LogP contribution in [0.4, 0.5) is 11.4 Å². The maximum Gasteiger partial charge on any atom is 0.382 e. The highest BCUT2D eigenvalue weighted by Crippen LogP contribution is 2.25. The minimum absolute atomic E-state index is 0.288. The van der Waals surface area contributed by atoms with E-state index < -0.39 is 5.63 Å². The lowest BCUT2D eigenvalue weighted by atomic mass is 10.1. The van der Waals surface area contributed by atoms with Crippen LogP contribution in [-0.2, 0) is 0 Å². The number of aromatic amines is 1. The Morgan fingerprint density at radius 1 is 0.875 bits per heavy atom. The molecule has 2 aromatic carbocycles. The summed E-state index contributed by atoms with van der Waals surface area (Å²) in [5.74, 6) is 1.48. The molecule has 0 spiro atoms. The third-order valence-electron chi connectivity index (χ3n) is 3.50. The first-order valence-corrected chi connectivity index (χ1v) is 7.23. The van der Waals surface area contributed by atoms with Crippen LogP contribution in [0.2, 0.25) is 0 Å². The second kappa shape index (κ2) is 6.82. The summed E-state index contributed by atoms with van der Waals surface area (Å²) in [6.07, 6.45) is 0. The number of ether oxygens (including phenoxy) is 2. The number of hydrazine groups is 1. The van der Waals surface area contributed by atoms with Gasteiger partial charge in [0, 0.05) is 5.56 Å². The summed E-state index contributed by atoms with van der Waals surface area (Å²) in [5.41, 5.74) is 7.75. The van der Waals surface area contributed by atoms with Crippen molar-refractivity contribution < 1.29 is 14.0 Å². The van der Waals surface area contributed by atoms with Crippen molar-refractivity contribution in [1.29, 1.82) is 0 Å². The summed E-state index contributed by atoms with van der Waals surface area (Å²) < 4.78 is 15.1. The number of hydrogen-bond acceptors (Lipinski definition) is 6. The molecule has 1 heterocycles. The average Bonchev–Trinajstić information content (AvgIpc) is 3.01. The Kier molecular flexibility index (Phi) is 4.42. The van der Waals surface area contributed by atoms with E-state index in [2.05, 4.69) is 16.0 Å². The quantitative estimate of drug-likeness (QED) is 0.603. The second-order valence-electron chi connectivity index (χ2n) is 4.95. The molecule has 0 unspecified atom stereocenters. The number of methoxy groups -OCH3 is 2. The first kappa shape index (κ1) is 15.5. The lowest BCUT2D eigenvalue weighted by Gasteiger charge is -2.09. The van der Waals surface area contributed by atoms with Crippen LogP contribution in [0.15, 0.2) is 57.8 Å². The lowest BCUT2D eigenvalue weighted by molar-refractivity contribution is 0.394. The molecule has 7 heteroatoms. The van der Waals surface area contributed by atoms with Gasteiger partial charge < -0.3 is 19.4 Å². The zero-order valence-electron chi connectivity index (χ0n) is 13.3. The molecule has 7 nitrogen and oxygen atoms in total.